The SMILES string of the molecule is Cc1cc(C(N)=S)nc(Nc2ccc(F)cc2I)n1. The quantitative estimate of drug-likeness (QED) is 0.626. The molecule has 0 spiro atoms. The minimum absolute atomic E-state index is 0.211. The molecule has 0 saturated carbocycles. The number of aryl methyl sites for hydroxylation is 1. The smallest absolute Gasteiger partial charge is 0.228 e. The van der Waals surface area contributed by atoms with Crippen molar-refractivity contribution in [3.8, 4) is 0 Å². The average Bonchev–Trinajstić information content (AvgIpc) is 2.32. The molecule has 1 aromatic carbocycles. The van der Waals surface area contributed by atoms with Gasteiger partial charge in [0.25, 0.3) is 0 Å². The van der Waals surface area contributed by atoms with E-state index >= 15 is 0 Å². The summed E-state index contributed by atoms with van der Waals surface area (Å²) in [5.74, 6) is 0.0938. The monoisotopic (exact) mass is 388 g/mol. The Morgan fingerprint density at radius 1 is 1.37 bits per heavy atom. The lowest BCUT2D eigenvalue weighted by atomic mass is 10.3. The molecule has 0 amide bonds. The maximum atomic E-state index is 13.0. The highest BCUT2D eigenvalue weighted by atomic mass is 127. The van der Waals surface area contributed by atoms with Gasteiger partial charge in [0, 0.05) is 9.26 Å². The molecule has 0 atom stereocenters. The van der Waals surface area contributed by atoms with E-state index in [-0.39, 0.29) is 10.8 Å². The fourth-order valence-corrected chi connectivity index (χ4v) is 2.18. The minimum Gasteiger partial charge on any atom is -0.388 e. The highest BCUT2D eigenvalue weighted by molar-refractivity contribution is 14.1. The van der Waals surface area contributed by atoms with Gasteiger partial charge < -0.3 is 11.1 Å². The van der Waals surface area contributed by atoms with E-state index in [0.29, 0.717) is 11.6 Å². The summed E-state index contributed by atoms with van der Waals surface area (Å²) in [5.41, 5.74) is 7.53. The second-order valence-corrected chi connectivity index (χ2v) is 5.43. The number of aromatic nitrogens is 2. The van der Waals surface area contributed by atoms with Crippen molar-refractivity contribution in [2.24, 2.45) is 5.73 Å². The first-order chi connectivity index (χ1) is 8.95. The van der Waals surface area contributed by atoms with Gasteiger partial charge in [-0.05, 0) is 53.8 Å². The van der Waals surface area contributed by atoms with Crippen LogP contribution in [0.4, 0.5) is 16.0 Å². The lowest BCUT2D eigenvalue weighted by Crippen LogP contribution is -2.14. The van der Waals surface area contributed by atoms with Crippen LogP contribution in [-0.4, -0.2) is 15.0 Å². The minimum atomic E-state index is -0.288. The topological polar surface area (TPSA) is 63.8 Å². The molecular formula is C12H10FIN4S. The molecule has 3 N–H and O–H groups in total. The fourth-order valence-electron chi connectivity index (χ4n) is 1.46. The number of thiocarbonyl (C=S) groups is 1. The van der Waals surface area contributed by atoms with E-state index in [0.717, 1.165) is 15.0 Å². The van der Waals surface area contributed by atoms with E-state index in [1.807, 2.05) is 29.5 Å². The Morgan fingerprint density at radius 3 is 2.74 bits per heavy atom. The molecule has 0 saturated heterocycles. The van der Waals surface area contributed by atoms with Gasteiger partial charge in [0.1, 0.15) is 16.5 Å². The molecule has 1 heterocycles. The van der Waals surface area contributed by atoms with E-state index in [4.69, 9.17) is 18.0 Å². The van der Waals surface area contributed by atoms with E-state index in [9.17, 15) is 4.39 Å². The molecule has 0 radical (unpaired) electrons. The van der Waals surface area contributed by atoms with Gasteiger partial charge in [-0.1, -0.05) is 12.2 Å². The Morgan fingerprint density at radius 2 is 2.11 bits per heavy atom. The number of anilines is 2. The van der Waals surface area contributed by atoms with Gasteiger partial charge >= 0.3 is 0 Å². The molecule has 0 unspecified atom stereocenters. The molecule has 0 bridgehead atoms. The van der Waals surface area contributed by atoms with E-state index < -0.39 is 0 Å². The molecule has 2 aromatic rings. The zero-order valence-corrected chi connectivity index (χ0v) is 12.9. The van der Waals surface area contributed by atoms with Crippen LogP contribution < -0.4 is 11.1 Å². The van der Waals surface area contributed by atoms with Crippen LogP contribution in [0.15, 0.2) is 24.3 Å². The zero-order chi connectivity index (χ0) is 14.0. The van der Waals surface area contributed by atoms with Gasteiger partial charge in [0.15, 0.2) is 0 Å². The third kappa shape index (κ3) is 3.57. The molecule has 0 fully saturated rings. The van der Waals surface area contributed by atoms with Crippen LogP contribution in [0.3, 0.4) is 0 Å². The second kappa shape index (κ2) is 5.74. The Bertz CT molecular complexity index is 648. The summed E-state index contributed by atoms with van der Waals surface area (Å²) in [6, 6.07) is 6.13. The van der Waals surface area contributed by atoms with Crippen molar-refractivity contribution in [3.05, 3.63) is 45.0 Å². The molecule has 0 aliphatic rings. The normalized spacial score (nSPS) is 10.3. The summed E-state index contributed by atoms with van der Waals surface area (Å²) in [7, 11) is 0. The van der Waals surface area contributed by atoms with Gasteiger partial charge in [0.05, 0.1) is 5.69 Å². The third-order valence-corrected chi connectivity index (χ3v) is 3.39. The summed E-state index contributed by atoms with van der Waals surface area (Å²) in [5, 5.41) is 3.02. The molecule has 0 aliphatic heterocycles. The van der Waals surface area contributed by atoms with Crippen LogP contribution in [0.25, 0.3) is 0 Å². The van der Waals surface area contributed by atoms with E-state index in [1.165, 1.54) is 12.1 Å². The number of nitrogens with one attached hydrogen (secondary N) is 1. The van der Waals surface area contributed by atoms with Crippen LogP contribution in [0.1, 0.15) is 11.4 Å². The third-order valence-electron chi connectivity index (χ3n) is 2.28. The number of nitrogens with two attached hydrogens (primary N) is 1. The Balaban J connectivity index is 2.35. The van der Waals surface area contributed by atoms with Gasteiger partial charge in [-0.15, -0.1) is 0 Å². The standard InChI is InChI=1S/C12H10FIN4S/c1-6-4-10(11(15)19)18-12(16-6)17-9-3-2-7(13)5-8(9)14/h2-5H,1H3,(H2,15,19)(H,16,17,18). The first-order valence-corrected chi connectivity index (χ1v) is 6.82. The number of hydrogen-bond donors (Lipinski definition) is 2. The largest absolute Gasteiger partial charge is 0.388 e. The molecule has 2 rings (SSSR count). The van der Waals surface area contributed by atoms with Crippen molar-refractivity contribution in [1.29, 1.82) is 0 Å². The van der Waals surface area contributed by atoms with Gasteiger partial charge in [0.2, 0.25) is 5.95 Å². The van der Waals surface area contributed by atoms with E-state index in [2.05, 4.69) is 15.3 Å². The highest BCUT2D eigenvalue weighted by Crippen LogP contribution is 2.22. The van der Waals surface area contributed by atoms with Crippen molar-refractivity contribution in [2.75, 3.05) is 5.32 Å². The molecule has 4 nitrogen and oxygen atoms in total. The summed E-state index contributed by atoms with van der Waals surface area (Å²) < 4.78 is 13.8. The van der Waals surface area contributed by atoms with Crippen LogP contribution in [-0.2, 0) is 0 Å². The maximum absolute atomic E-state index is 13.0. The fraction of sp³-hybridized carbons (Fsp3) is 0.0833. The van der Waals surface area contributed by atoms with Crippen LogP contribution in [0, 0.1) is 16.3 Å². The van der Waals surface area contributed by atoms with Gasteiger partial charge in [-0.2, -0.15) is 0 Å². The highest BCUT2D eigenvalue weighted by Gasteiger charge is 2.07. The van der Waals surface area contributed by atoms with Crippen molar-refractivity contribution < 1.29 is 4.39 Å². The number of rotatable bonds is 3. The van der Waals surface area contributed by atoms with Crippen LogP contribution in [0.2, 0.25) is 0 Å². The lowest BCUT2D eigenvalue weighted by Gasteiger charge is -2.09. The van der Waals surface area contributed by atoms with Crippen molar-refractivity contribution in [1.82, 2.24) is 9.97 Å². The zero-order valence-electron chi connectivity index (χ0n) is 9.95. The molecule has 7 heteroatoms. The second-order valence-electron chi connectivity index (χ2n) is 3.83. The Labute approximate surface area is 128 Å². The first kappa shape index (κ1) is 14.1. The first-order valence-electron chi connectivity index (χ1n) is 5.33. The van der Waals surface area contributed by atoms with Gasteiger partial charge in [-0.25, -0.2) is 14.4 Å². The molecule has 98 valence electrons. The molecule has 19 heavy (non-hydrogen) atoms. The molecular weight excluding hydrogens is 378 g/mol. The molecule has 1 aromatic heterocycles. The van der Waals surface area contributed by atoms with Crippen LogP contribution in [0.5, 0.6) is 0 Å². The van der Waals surface area contributed by atoms with Crippen LogP contribution >= 0.6 is 34.8 Å². The maximum Gasteiger partial charge on any atom is 0.228 e. The number of benzene rings is 1. The Hall–Kier alpha value is -1.35. The number of halogens is 2. The number of nitrogens with zero attached hydrogens (tertiary/aromatic N) is 2. The predicted molar refractivity (Wildman–Crippen MR) is 85.1 cm³/mol. The summed E-state index contributed by atoms with van der Waals surface area (Å²) in [6.45, 7) is 1.82. The molecule has 0 aliphatic carbocycles. The summed E-state index contributed by atoms with van der Waals surface area (Å²) >= 11 is 6.93. The lowest BCUT2D eigenvalue weighted by molar-refractivity contribution is 0.627. The number of hydrogen-bond acceptors (Lipinski definition) is 4. The van der Waals surface area contributed by atoms with Crippen molar-refractivity contribution in [3.63, 3.8) is 0 Å². The van der Waals surface area contributed by atoms with Crippen molar-refractivity contribution in [2.45, 2.75) is 6.92 Å². The predicted octanol–water partition coefficient (Wildman–Crippen LogP) is 2.91. The van der Waals surface area contributed by atoms with Gasteiger partial charge in [-0.3, -0.25) is 0 Å². The average molecular weight is 388 g/mol. The van der Waals surface area contributed by atoms with Crippen molar-refractivity contribution >= 4 is 51.4 Å². The summed E-state index contributed by atoms with van der Waals surface area (Å²) in [6.07, 6.45) is 0. The Kier molecular flexibility index (Phi) is 4.25. The van der Waals surface area contributed by atoms with E-state index in [1.54, 1.807) is 12.1 Å². The summed E-state index contributed by atoms with van der Waals surface area (Å²) in [4.78, 5) is 8.66.